The fraction of sp³-hybridized carbons (Fsp3) is 0.350. The first-order valence-electron chi connectivity index (χ1n) is 8.95. The molecule has 2 aromatic heterocycles. The van der Waals surface area contributed by atoms with E-state index in [1.165, 1.54) is 12.1 Å². The minimum Gasteiger partial charge on any atom is -0.481 e. The van der Waals surface area contributed by atoms with Gasteiger partial charge in [-0.1, -0.05) is 12.1 Å². The highest BCUT2D eigenvalue weighted by molar-refractivity contribution is 7.19. The molecule has 4 rings (SSSR count). The average molecular weight is 385 g/mol. The van der Waals surface area contributed by atoms with Crippen LogP contribution in [0.25, 0.3) is 21.3 Å². The minimum absolute atomic E-state index is 0.265. The largest absolute Gasteiger partial charge is 0.481 e. The monoisotopic (exact) mass is 385 g/mol. The van der Waals surface area contributed by atoms with Crippen molar-refractivity contribution in [1.29, 1.82) is 0 Å². The fourth-order valence-electron chi connectivity index (χ4n) is 3.73. The number of carboxylic acid groups (broad SMARTS) is 1. The third-order valence-electron chi connectivity index (χ3n) is 5.10. The third-order valence-corrected chi connectivity index (χ3v) is 6.10. The number of fused-ring (bicyclic) bond motifs is 1. The van der Waals surface area contributed by atoms with Crippen molar-refractivity contribution in [2.45, 2.75) is 26.7 Å². The van der Waals surface area contributed by atoms with E-state index in [-0.39, 0.29) is 11.7 Å². The molecule has 1 aliphatic heterocycles. The van der Waals surface area contributed by atoms with Crippen molar-refractivity contribution in [2.24, 2.45) is 5.92 Å². The summed E-state index contributed by atoms with van der Waals surface area (Å²) in [5, 5.41) is 10.2. The predicted octanol–water partition coefficient (Wildman–Crippen LogP) is 4.42. The lowest BCUT2D eigenvalue weighted by Gasteiger charge is -2.31. The summed E-state index contributed by atoms with van der Waals surface area (Å²) in [6.45, 7) is 5.22. The number of nitrogens with zero attached hydrogens (tertiary/aromatic N) is 3. The number of carbonyl (C=O) groups is 1. The van der Waals surface area contributed by atoms with Gasteiger partial charge in [-0.05, 0) is 44.4 Å². The topological polar surface area (TPSA) is 66.3 Å². The van der Waals surface area contributed by atoms with Gasteiger partial charge < -0.3 is 10.0 Å². The average Bonchev–Trinajstić information content (AvgIpc) is 2.97. The highest BCUT2D eigenvalue weighted by Crippen LogP contribution is 2.42. The van der Waals surface area contributed by atoms with E-state index in [0.717, 1.165) is 32.0 Å². The van der Waals surface area contributed by atoms with Crippen molar-refractivity contribution in [3.63, 3.8) is 0 Å². The van der Waals surface area contributed by atoms with Crippen LogP contribution in [0.15, 0.2) is 24.3 Å². The molecule has 5 nitrogen and oxygen atoms in total. The van der Waals surface area contributed by atoms with Crippen molar-refractivity contribution in [3.8, 4) is 11.1 Å². The number of rotatable bonds is 3. The summed E-state index contributed by atoms with van der Waals surface area (Å²) in [5.74, 6) is 0.270. The molecule has 0 aliphatic carbocycles. The fourth-order valence-corrected chi connectivity index (χ4v) is 4.81. The van der Waals surface area contributed by atoms with Gasteiger partial charge in [0.25, 0.3) is 0 Å². The normalized spacial score (nSPS) is 15.4. The van der Waals surface area contributed by atoms with E-state index in [4.69, 9.17) is 4.98 Å². The molecule has 3 aromatic rings. The Morgan fingerprint density at radius 3 is 2.48 bits per heavy atom. The molecule has 0 radical (unpaired) electrons. The smallest absolute Gasteiger partial charge is 0.306 e. The maximum absolute atomic E-state index is 13.4. The molecular weight excluding hydrogens is 365 g/mol. The van der Waals surface area contributed by atoms with Gasteiger partial charge >= 0.3 is 5.97 Å². The second kappa shape index (κ2) is 6.88. The zero-order chi connectivity index (χ0) is 19.1. The summed E-state index contributed by atoms with van der Waals surface area (Å²) in [4.78, 5) is 24.8. The number of carboxylic acids is 1. The number of thiophene rings is 1. The lowest BCUT2D eigenvalue weighted by Crippen LogP contribution is -2.37. The van der Waals surface area contributed by atoms with E-state index in [1.54, 1.807) is 23.5 Å². The van der Waals surface area contributed by atoms with Gasteiger partial charge in [0.05, 0.1) is 11.3 Å². The van der Waals surface area contributed by atoms with Crippen molar-refractivity contribution < 1.29 is 14.3 Å². The van der Waals surface area contributed by atoms with Gasteiger partial charge in [-0.3, -0.25) is 4.79 Å². The molecule has 27 heavy (non-hydrogen) atoms. The molecule has 0 atom stereocenters. The van der Waals surface area contributed by atoms with Crippen LogP contribution in [0.2, 0.25) is 0 Å². The van der Waals surface area contributed by atoms with Crippen LogP contribution in [0.1, 0.15) is 23.5 Å². The number of benzene rings is 1. The molecule has 1 N–H and O–H groups in total. The Balaban J connectivity index is 1.83. The predicted molar refractivity (Wildman–Crippen MR) is 105 cm³/mol. The Morgan fingerprint density at radius 2 is 1.85 bits per heavy atom. The minimum atomic E-state index is -0.725. The quantitative estimate of drug-likeness (QED) is 0.723. The molecule has 0 spiro atoms. The standard InChI is InChI=1S/C20H20FN3O2S/c1-11-16(13-3-5-15(21)6-4-13)17-18(22-12(2)23-19(17)27-11)24-9-7-14(8-10-24)20(25)26/h3-6,14H,7-10H2,1-2H3,(H,25,26). The molecule has 0 saturated carbocycles. The van der Waals surface area contributed by atoms with Gasteiger partial charge in [0, 0.05) is 23.5 Å². The van der Waals surface area contributed by atoms with Crippen LogP contribution >= 0.6 is 11.3 Å². The second-order valence-corrected chi connectivity index (χ2v) is 8.12. The zero-order valence-electron chi connectivity index (χ0n) is 15.2. The summed E-state index contributed by atoms with van der Waals surface area (Å²) in [6, 6.07) is 6.49. The van der Waals surface area contributed by atoms with Gasteiger partial charge in [-0.2, -0.15) is 0 Å². The van der Waals surface area contributed by atoms with E-state index in [0.29, 0.717) is 31.8 Å². The first kappa shape index (κ1) is 17.9. The summed E-state index contributed by atoms with van der Waals surface area (Å²) >= 11 is 1.61. The number of piperidine rings is 1. The van der Waals surface area contributed by atoms with Crippen LogP contribution in [-0.2, 0) is 4.79 Å². The van der Waals surface area contributed by atoms with Crippen LogP contribution in [0.3, 0.4) is 0 Å². The first-order valence-corrected chi connectivity index (χ1v) is 9.77. The summed E-state index contributed by atoms with van der Waals surface area (Å²) in [6.07, 6.45) is 1.21. The summed E-state index contributed by atoms with van der Waals surface area (Å²) in [7, 11) is 0. The van der Waals surface area contributed by atoms with E-state index in [2.05, 4.69) is 9.88 Å². The number of aromatic nitrogens is 2. The Morgan fingerprint density at radius 1 is 1.19 bits per heavy atom. The van der Waals surface area contributed by atoms with Crippen LogP contribution in [-0.4, -0.2) is 34.1 Å². The Labute approximate surface area is 160 Å². The van der Waals surface area contributed by atoms with E-state index < -0.39 is 5.97 Å². The van der Waals surface area contributed by atoms with Crippen LogP contribution in [0.4, 0.5) is 10.2 Å². The number of aryl methyl sites for hydroxylation is 2. The van der Waals surface area contributed by atoms with Gasteiger partial charge in [0.15, 0.2) is 0 Å². The van der Waals surface area contributed by atoms with Crippen LogP contribution < -0.4 is 4.90 Å². The number of anilines is 1. The Bertz CT molecular complexity index is 1010. The first-order chi connectivity index (χ1) is 12.9. The molecule has 0 unspecified atom stereocenters. The highest BCUT2D eigenvalue weighted by atomic mass is 32.1. The molecule has 0 bridgehead atoms. The van der Waals surface area contributed by atoms with Crippen molar-refractivity contribution in [2.75, 3.05) is 18.0 Å². The van der Waals surface area contributed by atoms with Crippen LogP contribution in [0.5, 0.6) is 0 Å². The van der Waals surface area contributed by atoms with Gasteiger partial charge in [0.2, 0.25) is 0 Å². The third kappa shape index (κ3) is 3.27. The molecular formula is C20H20FN3O2S. The van der Waals surface area contributed by atoms with Crippen molar-refractivity contribution in [1.82, 2.24) is 9.97 Å². The molecule has 0 amide bonds. The van der Waals surface area contributed by atoms with E-state index >= 15 is 0 Å². The van der Waals surface area contributed by atoms with E-state index in [9.17, 15) is 14.3 Å². The molecule has 1 saturated heterocycles. The zero-order valence-corrected chi connectivity index (χ0v) is 16.0. The number of halogens is 1. The van der Waals surface area contributed by atoms with Crippen molar-refractivity contribution >= 4 is 33.3 Å². The SMILES string of the molecule is Cc1nc(N2CCC(C(=O)O)CC2)c2c(-c3ccc(F)cc3)c(C)sc2n1. The number of aliphatic carboxylic acids is 1. The maximum atomic E-state index is 13.4. The Kier molecular flexibility index (Phi) is 4.55. The molecule has 1 aliphatic rings. The lowest BCUT2D eigenvalue weighted by molar-refractivity contribution is -0.142. The summed E-state index contributed by atoms with van der Waals surface area (Å²) < 4.78 is 13.4. The molecule has 140 valence electrons. The lowest BCUT2D eigenvalue weighted by atomic mass is 9.96. The maximum Gasteiger partial charge on any atom is 0.306 e. The molecule has 1 aromatic carbocycles. The van der Waals surface area contributed by atoms with Gasteiger partial charge in [0.1, 0.15) is 22.3 Å². The summed E-state index contributed by atoms with van der Waals surface area (Å²) in [5.41, 5.74) is 1.97. The second-order valence-electron chi connectivity index (χ2n) is 6.91. The van der Waals surface area contributed by atoms with E-state index in [1.807, 2.05) is 13.8 Å². The van der Waals surface area contributed by atoms with Crippen molar-refractivity contribution in [3.05, 3.63) is 40.8 Å². The van der Waals surface area contributed by atoms with Gasteiger partial charge in [-0.15, -0.1) is 11.3 Å². The number of hydrogen-bond acceptors (Lipinski definition) is 5. The molecule has 7 heteroatoms. The molecule has 1 fully saturated rings. The number of hydrogen-bond donors (Lipinski definition) is 1. The van der Waals surface area contributed by atoms with Crippen LogP contribution in [0, 0.1) is 25.6 Å². The molecule has 3 heterocycles. The van der Waals surface area contributed by atoms with Gasteiger partial charge in [-0.25, -0.2) is 14.4 Å². The Hall–Kier alpha value is -2.54. The highest BCUT2D eigenvalue weighted by Gasteiger charge is 2.28.